The zero-order valence-electron chi connectivity index (χ0n) is 12.8. The fraction of sp³-hybridized carbons (Fsp3) is 0.176. The van der Waals surface area contributed by atoms with Gasteiger partial charge < -0.3 is 9.72 Å². The van der Waals surface area contributed by atoms with Crippen LogP contribution in [0.5, 0.6) is 0 Å². The summed E-state index contributed by atoms with van der Waals surface area (Å²) in [6.07, 6.45) is -0.899. The van der Waals surface area contributed by atoms with E-state index in [4.69, 9.17) is 0 Å². The van der Waals surface area contributed by atoms with Crippen molar-refractivity contribution in [2.24, 2.45) is 0 Å². The molecule has 124 valence electrons. The number of aromatic nitrogens is 2. The number of pyridine rings is 1. The molecule has 3 aromatic rings. The van der Waals surface area contributed by atoms with Gasteiger partial charge in [0.2, 0.25) is 5.91 Å². The Kier molecular flexibility index (Phi) is 4.01. The summed E-state index contributed by atoms with van der Waals surface area (Å²) in [4.78, 5) is 16.4. The van der Waals surface area contributed by atoms with Gasteiger partial charge in [0.1, 0.15) is 5.65 Å². The lowest BCUT2D eigenvalue weighted by Crippen LogP contribution is -2.15. The van der Waals surface area contributed by atoms with Crippen LogP contribution in [0, 0.1) is 6.92 Å². The van der Waals surface area contributed by atoms with Crippen LogP contribution in [0.3, 0.4) is 0 Å². The predicted octanol–water partition coefficient (Wildman–Crippen LogP) is 3.84. The molecule has 0 bridgehead atoms. The lowest BCUT2D eigenvalue weighted by atomic mass is 10.2. The normalized spacial score (nSPS) is 11.7. The highest BCUT2D eigenvalue weighted by Gasteiger charge is 2.30. The van der Waals surface area contributed by atoms with Gasteiger partial charge in [0.25, 0.3) is 0 Å². The highest BCUT2D eigenvalue weighted by Crippen LogP contribution is 2.30. The quantitative estimate of drug-likeness (QED) is 0.791. The van der Waals surface area contributed by atoms with Crippen molar-refractivity contribution in [3.05, 3.63) is 65.6 Å². The Labute approximate surface area is 135 Å². The summed E-state index contributed by atoms with van der Waals surface area (Å²) < 4.78 is 39.8. The number of fused-ring (bicyclic) bond motifs is 1. The van der Waals surface area contributed by atoms with E-state index in [0.29, 0.717) is 5.69 Å². The van der Waals surface area contributed by atoms with Crippen LogP contribution in [0.2, 0.25) is 0 Å². The van der Waals surface area contributed by atoms with Crippen LogP contribution in [0.4, 0.5) is 18.9 Å². The van der Waals surface area contributed by atoms with Crippen LogP contribution in [0.1, 0.15) is 16.8 Å². The molecule has 1 amide bonds. The minimum Gasteiger partial charge on any atom is -0.326 e. The molecule has 0 aliphatic heterocycles. The van der Waals surface area contributed by atoms with E-state index in [9.17, 15) is 18.0 Å². The Bertz CT molecular complexity index is 899. The van der Waals surface area contributed by atoms with Crippen molar-refractivity contribution >= 4 is 17.2 Å². The highest BCUT2D eigenvalue weighted by molar-refractivity contribution is 5.92. The van der Waals surface area contributed by atoms with E-state index in [1.807, 2.05) is 25.3 Å². The standard InChI is InChI=1S/C17H14F3N3O/c1-11-5-6-23-10-14(21-15(23)7-11)9-16(24)22-13-4-2-3-12(8-13)17(18,19)20/h2-8,10H,9H2,1H3,(H,22,24). The van der Waals surface area contributed by atoms with Crippen molar-refractivity contribution in [3.63, 3.8) is 0 Å². The molecule has 0 aliphatic rings. The molecule has 2 heterocycles. The van der Waals surface area contributed by atoms with Crippen molar-refractivity contribution in [2.75, 3.05) is 5.32 Å². The summed E-state index contributed by atoms with van der Waals surface area (Å²) in [6.45, 7) is 1.94. The van der Waals surface area contributed by atoms with Gasteiger partial charge in [-0.05, 0) is 42.8 Å². The Morgan fingerprint density at radius 1 is 1.25 bits per heavy atom. The van der Waals surface area contributed by atoms with Gasteiger partial charge in [0.15, 0.2) is 0 Å². The SMILES string of the molecule is Cc1ccn2cc(CC(=O)Nc3cccc(C(F)(F)F)c3)nc2c1. The van der Waals surface area contributed by atoms with Crippen LogP contribution in [-0.4, -0.2) is 15.3 Å². The zero-order valence-corrected chi connectivity index (χ0v) is 12.8. The number of anilines is 1. The molecule has 2 aromatic heterocycles. The van der Waals surface area contributed by atoms with Crippen LogP contribution >= 0.6 is 0 Å². The Hall–Kier alpha value is -2.83. The van der Waals surface area contributed by atoms with E-state index in [-0.39, 0.29) is 12.1 Å². The molecule has 4 nitrogen and oxygen atoms in total. The van der Waals surface area contributed by atoms with Gasteiger partial charge >= 0.3 is 6.18 Å². The Morgan fingerprint density at radius 3 is 2.79 bits per heavy atom. The average Bonchev–Trinajstić information content (AvgIpc) is 2.87. The molecule has 0 fully saturated rings. The summed E-state index contributed by atoms with van der Waals surface area (Å²) in [5.74, 6) is -0.422. The number of imidazole rings is 1. The van der Waals surface area contributed by atoms with Gasteiger partial charge in [-0.1, -0.05) is 6.07 Å². The number of carbonyl (C=O) groups is 1. The number of hydrogen-bond acceptors (Lipinski definition) is 2. The summed E-state index contributed by atoms with van der Waals surface area (Å²) in [7, 11) is 0. The first kappa shape index (κ1) is 16.0. The lowest BCUT2D eigenvalue weighted by molar-refractivity contribution is -0.137. The van der Waals surface area contributed by atoms with Crippen LogP contribution < -0.4 is 5.32 Å². The molecule has 1 N–H and O–H groups in total. The van der Waals surface area contributed by atoms with Gasteiger partial charge in [0, 0.05) is 18.1 Å². The third-order valence-corrected chi connectivity index (χ3v) is 3.48. The number of aryl methyl sites for hydroxylation is 1. The molecular formula is C17H14F3N3O. The number of nitrogens with zero attached hydrogens (tertiary/aromatic N) is 2. The summed E-state index contributed by atoms with van der Waals surface area (Å²) in [5.41, 5.74) is 1.62. The zero-order chi connectivity index (χ0) is 17.3. The van der Waals surface area contributed by atoms with Crippen LogP contribution in [0.15, 0.2) is 48.8 Å². The largest absolute Gasteiger partial charge is 0.416 e. The second-order valence-corrected chi connectivity index (χ2v) is 5.51. The number of carbonyl (C=O) groups excluding carboxylic acids is 1. The maximum Gasteiger partial charge on any atom is 0.416 e. The van der Waals surface area contributed by atoms with E-state index in [0.717, 1.165) is 23.3 Å². The summed E-state index contributed by atoms with van der Waals surface area (Å²) in [5, 5.41) is 2.47. The fourth-order valence-corrected chi connectivity index (χ4v) is 2.36. The summed E-state index contributed by atoms with van der Waals surface area (Å²) >= 11 is 0. The molecule has 24 heavy (non-hydrogen) atoms. The molecule has 7 heteroatoms. The number of amides is 1. The number of nitrogens with one attached hydrogen (secondary N) is 1. The molecule has 0 saturated heterocycles. The highest BCUT2D eigenvalue weighted by atomic mass is 19.4. The number of alkyl halides is 3. The molecular weight excluding hydrogens is 319 g/mol. The van der Waals surface area contributed by atoms with Gasteiger partial charge in [-0.15, -0.1) is 0 Å². The fourth-order valence-electron chi connectivity index (χ4n) is 2.36. The first-order chi connectivity index (χ1) is 11.3. The number of benzene rings is 1. The van der Waals surface area contributed by atoms with Crippen molar-refractivity contribution in [2.45, 2.75) is 19.5 Å². The molecule has 0 aliphatic carbocycles. The molecule has 3 rings (SSSR count). The van der Waals surface area contributed by atoms with Gasteiger partial charge in [-0.2, -0.15) is 13.2 Å². The number of halogens is 3. The minimum atomic E-state index is -4.44. The molecule has 1 aromatic carbocycles. The van der Waals surface area contributed by atoms with Crippen molar-refractivity contribution < 1.29 is 18.0 Å². The van der Waals surface area contributed by atoms with Crippen LogP contribution in [-0.2, 0) is 17.4 Å². The first-order valence-electron chi connectivity index (χ1n) is 7.22. The van der Waals surface area contributed by atoms with E-state index in [1.54, 1.807) is 10.6 Å². The summed E-state index contributed by atoms with van der Waals surface area (Å²) in [6, 6.07) is 8.34. The van der Waals surface area contributed by atoms with Crippen molar-refractivity contribution in [3.8, 4) is 0 Å². The molecule has 0 spiro atoms. The van der Waals surface area contributed by atoms with Gasteiger partial charge in [0.05, 0.1) is 17.7 Å². The smallest absolute Gasteiger partial charge is 0.326 e. The minimum absolute atomic E-state index is 0.0169. The predicted molar refractivity (Wildman–Crippen MR) is 83.7 cm³/mol. The lowest BCUT2D eigenvalue weighted by Gasteiger charge is -2.09. The third kappa shape index (κ3) is 3.56. The third-order valence-electron chi connectivity index (χ3n) is 3.48. The van der Waals surface area contributed by atoms with Crippen molar-refractivity contribution in [1.82, 2.24) is 9.38 Å². The first-order valence-corrected chi connectivity index (χ1v) is 7.22. The number of hydrogen-bond donors (Lipinski definition) is 1. The number of rotatable bonds is 3. The topological polar surface area (TPSA) is 46.4 Å². The van der Waals surface area contributed by atoms with E-state index in [2.05, 4.69) is 10.3 Å². The molecule has 0 saturated carbocycles. The Balaban J connectivity index is 1.73. The van der Waals surface area contributed by atoms with Crippen molar-refractivity contribution in [1.29, 1.82) is 0 Å². The second-order valence-electron chi connectivity index (χ2n) is 5.51. The van der Waals surface area contributed by atoms with E-state index in [1.165, 1.54) is 12.1 Å². The maximum absolute atomic E-state index is 12.7. The average molecular weight is 333 g/mol. The van der Waals surface area contributed by atoms with E-state index >= 15 is 0 Å². The second kappa shape index (κ2) is 5.99. The Morgan fingerprint density at radius 2 is 2.04 bits per heavy atom. The monoisotopic (exact) mass is 333 g/mol. The van der Waals surface area contributed by atoms with E-state index < -0.39 is 17.6 Å². The molecule has 0 atom stereocenters. The molecule has 0 radical (unpaired) electrons. The maximum atomic E-state index is 12.7. The van der Waals surface area contributed by atoms with Gasteiger partial charge in [-0.25, -0.2) is 4.98 Å². The molecule has 0 unspecified atom stereocenters. The van der Waals surface area contributed by atoms with Gasteiger partial charge in [-0.3, -0.25) is 4.79 Å². The van der Waals surface area contributed by atoms with Crippen LogP contribution in [0.25, 0.3) is 5.65 Å².